The van der Waals surface area contributed by atoms with Gasteiger partial charge in [0.25, 0.3) is 0 Å². The number of hydrogen-bond acceptors (Lipinski definition) is 2. The minimum absolute atomic E-state index is 0.310. The summed E-state index contributed by atoms with van der Waals surface area (Å²) >= 11 is 3.35. The Kier molecular flexibility index (Phi) is 4.51. The van der Waals surface area contributed by atoms with Gasteiger partial charge in [0.05, 0.1) is 5.41 Å². The molecule has 0 unspecified atom stereocenters. The maximum absolute atomic E-state index is 12.1. The molecule has 1 aromatic rings. The first kappa shape index (κ1) is 14.7. The third-order valence-electron chi connectivity index (χ3n) is 2.83. The number of carboxylic acid groups (broad SMARTS) is 1. The Hall–Kier alpha value is -1.36. The third-order valence-corrected chi connectivity index (χ3v) is 3.33. The quantitative estimate of drug-likeness (QED) is 0.896. The molecule has 98 valence electrons. The van der Waals surface area contributed by atoms with Crippen molar-refractivity contribution in [2.24, 2.45) is 0 Å². The molecule has 1 atom stereocenters. The number of benzene rings is 1. The van der Waals surface area contributed by atoms with Crippen LogP contribution in [-0.4, -0.2) is 23.0 Å². The number of carboxylic acids is 1. The molecule has 0 spiro atoms. The number of amides is 1. The van der Waals surface area contributed by atoms with Gasteiger partial charge in [-0.25, -0.2) is 0 Å². The molecule has 1 amide bonds. The van der Waals surface area contributed by atoms with Crippen LogP contribution in [-0.2, 0) is 15.0 Å². The van der Waals surface area contributed by atoms with Crippen molar-refractivity contribution in [1.82, 2.24) is 5.32 Å². The summed E-state index contributed by atoms with van der Waals surface area (Å²) in [6.07, 6.45) is 0. The van der Waals surface area contributed by atoms with Crippen LogP contribution < -0.4 is 5.32 Å². The summed E-state index contributed by atoms with van der Waals surface area (Å²) in [5.74, 6) is -1.36. The largest absolute Gasteiger partial charge is 0.480 e. The van der Waals surface area contributed by atoms with Crippen LogP contribution in [0.4, 0.5) is 0 Å². The highest BCUT2D eigenvalue weighted by Gasteiger charge is 2.31. The van der Waals surface area contributed by atoms with Crippen molar-refractivity contribution in [2.45, 2.75) is 32.2 Å². The van der Waals surface area contributed by atoms with Crippen LogP contribution >= 0.6 is 15.9 Å². The van der Waals surface area contributed by atoms with Crippen LogP contribution in [0.5, 0.6) is 0 Å². The summed E-state index contributed by atoms with van der Waals surface area (Å²) in [6, 6.07) is 6.51. The lowest BCUT2D eigenvalue weighted by Crippen LogP contribution is -2.47. The fourth-order valence-corrected chi connectivity index (χ4v) is 1.85. The first-order chi connectivity index (χ1) is 8.25. The Labute approximate surface area is 115 Å². The van der Waals surface area contributed by atoms with Gasteiger partial charge in [-0.2, -0.15) is 0 Å². The molecule has 4 nitrogen and oxygen atoms in total. The fraction of sp³-hybridized carbons (Fsp3) is 0.385. The molecule has 0 bridgehead atoms. The van der Waals surface area contributed by atoms with Crippen LogP contribution in [0, 0.1) is 0 Å². The van der Waals surface area contributed by atoms with Crippen LogP contribution in [0.3, 0.4) is 0 Å². The Bertz CT molecular complexity index is 471. The van der Waals surface area contributed by atoms with Crippen molar-refractivity contribution in [3.63, 3.8) is 0 Å². The van der Waals surface area contributed by atoms with Crippen molar-refractivity contribution < 1.29 is 14.7 Å². The van der Waals surface area contributed by atoms with E-state index in [-0.39, 0.29) is 5.91 Å². The van der Waals surface area contributed by atoms with Gasteiger partial charge in [0.2, 0.25) is 5.91 Å². The average Bonchev–Trinajstić information content (AvgIpc) is 2.28. The molecular weight excluding hydrogens is 298 g/mol. The van der Waals surface area contributed by atoms with Gasteiger partial charge in [-0.3, -0.25) is 9.59 Å². The number of halogens is 1. The standard InChI is InChI=1S/C13H16BrNO3/c1-8(11(16)17)15-12(18)13(2,3)9-5-4-6-10(14)7-9/h4-8H,1-3H3,(H,15,18)(H,16,17)/t8-/m1/s1. The molecule has 1 aromatic carbocycles. The van der Waals surface area contributed by atoms with E-state index in [0.717, 1.165) is 10.0 Å². The van der Waals surface area contributed by atoms with Gasteiger partial charge in [-0.1, -0.05) is 28.1 Å². The summed E-state index contributed by atoms with van der Waals surface area (Å²) in [5.41, 5.74) is 0.0417. The Balaban J connectivity index is 2.92. The zero-order valence-corrected chi connectivity index (χ0v) is 12.1. The third kappa shape index (κ3) is 3.32. The summed E-state index contributed by atoms with van der Waals surface area (Å²) in [4.78, 5) is 22.8. The molecule has 0 aliphatic rings. The Morgan fingerprint density at radius 3 is 2.50 bits per heavy atom. The van der Waals surface area contributed by atoms with Gasteiger partial charge in [0.1, 0.15) is 6.04 Å². The minimum atomic E-state index is -1.05. The lowest BCUT2D eigenvalue weighted by molar-refractivity contribution is -0.142. The predicted molar refractivity (Wildman–Crippen MR) is 72.4 cm³/mol. The van der Waals surface area contributed by atoms with Crippen molar-refractivity contribution in [3.8, 4) is 0 Å². The molecule has 0 saturated carbocycles. The number of hydrogen-bond donors (Lipinski definition) is 2. The molecule has 0 aliphatic carbocycles. The van der Waals surface area contributed by atoms with Crippen molar-refractivity contribution in [3.05, 3.63) is 34.3 Å². The maximum atomic E-state index is 12.1. The second kappa shape index (κ2) is 5.52. The zero-order chi connectivity index (χ0) is 13.9. The van der Waals surface area contributed by atoms with E-state index in [9.17, 15) is 9.59 Å². The second-order valence-corrected chi connectivity index (χ2v) is 5.58. The molecule has 0 saturated heterocycles. The Morgan fingerprint density at radius 2 is 2.00 bits per heavy atom. The summed E-state index contributed by atoms with van der Waals surface area (Å²) in [6.45, 7) is 4.97. The molecule has 1 rings (SSSR count). The molecule has 5 heteroatoms. The van der Waals surface area contributed by atoms with E-state index in [1.165, 1.54) is 6.92 Å². The van der Waals surface area contributed by atoms with Crippen molar-refractivity contribution in [2.75, 3.05) is 0 Å². The van der Waals surface area contributed by atoms with Gasteiger partial charge in [-0.05, 0) is 38.5 Å². The van der Waals surface area contributed by atoms with Gasteiger partial charge in [0.15, 0.2) is 0 Å². The highest BCUT2D eigenvalue weighted by molar-refractivity contribution is 9.10. The minimum Gasteiger partial charge on any atom is -0.480 e. The number of nitrogens with one attached hydrogen (secondary N) is 1. The van der Waals surface area contributed by atoms with E-state index in [4.69, 9.17) is 5.11 Å². The van der Waals surface area contributed by atoms with Crippen molar-refractivity contribution in [1.29, 1.82) is 0 Å². The molecule has 0 aromatic heterocycles. The van der Waals surface area contributed by atoms with Crippen molar-refractivity contribution >= 4 is 27.8 Å². The lowest BCUT2D eigenvalue weighted by atomic mass is 9.83. The molecule has 0 radical (unpaired) electrons. The predicted octanol–water partition coefficient (Wildman–Crippen LogP) is 2.32. The topological polar surface area (TPSA) is 66.4 Å². The van der Waals surface area contributed by atoms with Gasteiger partial charge < -0.3 is 10.4 Å². The van der Waals surface area contributed by atoms with E-state index in [1.807, 2.05) is 24.3 Å². The van der Waals surface area contributed by atoms with Gasteiger partial charge >= 0.3 is 5.97 Å². The van der Waals surface area contributed by atoms with E-state index in [1.54, 1.807) is 13.8 Å². The number of carbonyl (C=O) groups is 2. The number of carbonyl (C=O) groups excluding carboxylic acids is 1. The van der Waals surface area contributed by atoms with Gasteiger partial charge in [0, 0.05) is 4.47 Å². The monoisotopic (exact) mass is 313 g/mol. The number of rotatable bonds is 4. The number of aliphatic carboxylic acids is 1. The van der Waals surface area contributed by atoms with Crippen LogP contribution in [0.15, 0.2) is 28.7 Å². The van der Waals surface area contributed by atoms with Gasteiger partial charge in [-0.15, -0.1) is 0 Å². The second-order valence-electron chi connectivity index (χ2n) is 4.67. The average molecular weight is 314 g/mol. The SMILES string of the molecule is C[C@@H](NC(=O)C(C)(C)c1cccc(Br)c1)C(=O)O. The first-order valence-electron chi connectivity index (χ1n) is 5.55. The molecule has 0 heterocycles. The fourth-order valence-electron chi connectivity index (χ4n) is 1.45. The van der Waals surface area contributed by atoms with Crippen LogP contribution in [0.2, 0.25) is 0 Å². The summed E-state index contributed by atoms with van der Waals surface area (Å²) < 4.78 is 0.882. The lowest BCUT2D eigenvalue weighted by Gasteiger charge is -2.25. The smallest absolute Gasteiger partial charge is 0.325 e. The van der Waals surface area contributed by atoms with E-state index in [0.29, 0.717) is 0 Å². The highest BCUT2D eigenvalue weighted by Crippen LogP contribution is 2.26. The zero-order valence-electron chi connectivity index (χ0n) is 10.5. The van der Waals surface area contributed by atoms with E-state index < -0.39 is 17.4 Å². The molecule has 2 N–H and O–H groups in total. The highest BCUT2D eigenvalue weighted by atomic mass is 79.9. The molecule has 0 aliphatic heterocycles. The molecule has 18 heavy (non-hydrogen) atoms. The first-order valence-corrected chi connectivity index (χ1v) is 6.34. The normalized spacial score (nSPS) is 12.9. The van der Waals surface area contributed by atoms with E-state index in [2.05, 4.69) is 21.2 Å². The maximum Gasteiger partial charge on any atom is 0.325 e. The molecular formula is C13H16BrNO3. The molecule has 0 fully saturated rings. The Morgan fingerprint density at radius 1 is 1.39 bits per heavy atom. The van der Waals surface area contributed by atoms with Crippen LogP contribution in [0.1, 0.15) is 26.3 Å². The van der Waals surface area contributed by atoms with E-state index >= 15 is 0 Å². The van der Waals surface area contributed by atoms with Crippen LogP contribution in [0.25, 0.3) is 0 Å². The summed E-state index contributed by atoms with van der Waals surface area (Å²) in [7, 11) is 0. The summed E-state index contributed by atoms with van der Waals surface area (Å²) in [5, 5.41) is 11.3.